The Bertz CT molecular complexity index is 530. The van der Waals surface area contributed by atoms with Crippen molar-refractivity contribution in [2.45, 2.75) is 30.7 Å². The van der Waals surface area contributed by atoms with E-state index < -0.39 is 0 Å². The minimum atomic E-state index is 0.0329. The summed E-state index contributed by atoms with van der Waals surface area (Å²) >= 11 is 1.60. The van der Waals surface area contributed by atoms with E-state index in [9.17, 15) is 10.1 Å². The molecule has 0 unspecified atom stereocenters. The van der Waals surface area contributed by atoms with Crippen LogP contribution in [-0.4, -0.2) is 31.3 Å². The number of benzene rings is 1. The molecule has 2 rings (SSSR count). The minimum Gasteiger partial charge on any atom is -0.370 e. The van der Waals surface area contributed by atoms with Crippen LogP contribution in [0.4, 0.5) is 5.69 Å². The van der Waals surface area contributed by atoms with Crippen molar-refractivity contribution in [1.82, 2.24) is 5.32 Å². The van der Waals surface area contributed by atoms with E-state index in [1.165, 1.54) is 0 Å². The number of amides is 1. The number of anilines is 1. The van der Waals surface area contributed by atoms with Crippen molar-refractivity contribution in [3.63, 3.8) is 0 Å². The zero-order chi connectivity index (χ0) is 14.5. The fraction of sp³-hybridized carbons (Fsp3) is 0.467. The standard InChI is InChI=1S/C15H19N3OS/c1-11(19)17-12-6-8-18(9-7-12)14-4-3-5-15(20-2)13(14)10-16/h3-5,12H,6-9H2,1-2H3,(H,17,19). The molecule has 5 heteroatoms. The molecule has 0 aromatic heterocycles. The molecule has 0 bridgehead atoms. The number of hydrogen-bond donors (Lipinski definition) is 1. The van der Waals surface area contributed by atoms with Crippen molar-refractivity contribution >= 4 is 23.4 Å². The van der Waals surface area contributed by atoms with Crippen molar-refractivity contribution < 1.29 is 4.79 Å². The van der Waals surface area contributed by atoms with E-state index in [4.69, 9.17) is 0 Å². The summed E-state index contributed by atoms with van der Waals surface area (Å²) in [7, 11) is 0. The molecule has 1 amide bonds. The first kappa shape index (κ1) is 14.7. The molecule has 0 radical (unpaired) electrons. The van der Waals surface area contributed by atoms with Crippen LogP contribution in [0, 0.1) is 11.3 Å². The highest BCUT2D eigenvalue weighted by Gasteiger charge is 2.22. The number of carbonyl (C=O) groups excluding carboxylic acids is 1. The van der Waals surface area contributed by atoms with Crippen LogP contribution in [0.25, 0.3) is 0 Å². The molecule has 106 valence electrons. The zero-order valence-corrected chi connectivity index (χ0v) is 12.7. The van der Waals surface area contributed by atoms with E-state index in [0.717, 1.165) is 42.1 Å². The summed E-state index contributed by atoms with van der Waals surface area (Å²) in [5.74, 6) is 0.0329. The number of carbonyl (C=O) groups is 1. The lowest BCUT2D eigenvalue weighted by Crippen LogP contribution is -2.44. The van der Waals surface area contributed by atoms with E-state index in [1.54, 1.807) is 18.7 Å². The molecular weight excluding hydrogens is 270 g/mol. The molecule has 1 N–H and O–H groups in total. The van der Waals surface area contributed by atoms with Crippen LogP contribution in [0.2, 0.25) is 0 Å². The van der Waals surface area contributed by atoms with Crippen LogP contribution in [-0.2, 0) is 4.79 Å². The zero-order valence-electron chi connectivity index (χ0n) is 11.8. The lowest BCUT2D eigenvalue weighted by molar-refractivity contribution is -0.119. The van der Waals surface area contributed by atoms with Gasteiger partial charge in [-0.2, -0.15) is 5.26 Å². The highest BCUT2D eigenvalue weighted by molar-refractivity contribution is 7.98. The van der Waals surface area contributed by atoms with Gasteiger partial charge in [-0.3, -0.25) is 4.79 Å². The van der Waals surface area contributed by atoms with Gasteiger partial charge in [0.1, 0.15) is 6.07 Å². The first-order valence-corrected chi connectivity index (χ1v) is 7.97. The second-order valence-corrected chi connectivity index (χ2v) is 5.78. The first-order chi connectivity index (χ1) is 9.65. The minimum absolute atomic E-state index is 0.0329. The average molecular weight is 289 g/mol. The molecule has 1 aliphatic heterocycles. The largest absolute Gasteiger partial charge is 0.370 e. The number of hydrogen-bond acceptors (Lipinski definition) is 4. The van der Waals surface area contributed by atoms with Gasteiger partial charge in [0.15, 0.2) is 0 Å². The molecule has 1 aliphatic rings. The molecule has 20 heavy (non-hydrogen) atoms. The summed E-state index contributed by atoms with van der Waals surface area (Å²) in [5.41, 5.74) is 1.78. The van der Waals surface area contributed by atoms with Crippen LogP contribution in [0.3, 0.4) is 0 Å². The maximum Gasteiger partial charge on any atom is 0.217 e. The van der Waals surface area contributed by atoms with Crippen LogP contribution in [0.1, 0.15) is 25.3 Å². The highest BCUT2D eigenvalue weighted by Crippen LogP contribution is 2.30. The summed E-state index contributed by atoms with van der Waals surface area (Å²) in [5, 5.41) is 12.4. The third kappa shape index (κ3) is 3.26. The van der Waals surface area contributed by atoms with Gasteiger partial charge in [0.2, 0.25) is 5.91 Å². The summed E-state index contributed by atoms with van der Waals surface area (Å²) in [6.07, 6.45) is 3.84. The summed E-state index contributed by atoms with van der Waals surface area (Å²) in [6.45, 7) is 3.30. The van der Waals surface area contributed by atoms with Gasteiger partial charge in [0.05, 0.1) is 11.3 Å². The maximum absolute atomic E-state index is 11.1. The molecule has 1 aromatic rings. The topological polar surface area (TPSA) is 56.1 Å². The summed E-state index contributed by atoms with van der Waals surface area (Å²) < 4.78 is 0. The molecule has 1 fully saturated rings. The SMILES string of the molecule is CSc1cccc(N2CCC(NC(C)=O)CC2)c1C#N. The Balaban J connectivity index is 2.11. The van der Waals surface area contributed by atoms with Crippen LogP contribution in [0.15, 0.2) is 23.1 Å². The Labute approximate surface area is 124 Å². The molecule has 0 saturated carbocycles. The fourth-order valence-corrected chi connectivity index (χ4v) is 3.19. The number of piperidine rings is 1. The number of rotatable bonds is 3. The van der Waals surface area contributed by atoms with E-state index in [1.807, 2.05) is 24.5 Å². The Hall–Kier alpha value is -1.67. The van der Waals surface area contributed by atoms with Crippen LogP contribution in [0.5, 0.6) is 0 Å². The third-order valence-electron chi connectivity index (χ3n) is 3.58. The number of thioether (sulfide) groups is 1. The van der Waals surface area contributed by atoms with Crippen molar-refractivity contribution in [3.8, 4) is 6.07 Å². The Kier molecular flexibility index (Phi) is 4.91. The molecule has 4 nitrogen and oxygen atoms in total. The average Bonchev–Trinajstić information content (AvgIpc) is 2.46. The predicted molar refractivity (Wildman–Crippen MR) is 82.0 cm³/mol. The van der Waals surface area contributed by atoms with Gasteiger partial charge in [-0.05, 0) is 31.2 Å². The quantitative estimate of drug-likeness (QED) is 0.868. The lowest BCUT2D eigenvalue weighted by atomic mass is 10.0. The van der Waals surface area contributed by atoms with Crippen molar-refractivity contribution in [3.05, 3.63) is 23.8 Å². The smallest absolute Gasteiger partial charge is 0.217 e. The molecular formula is C15H19N3OS. The van der Waals surface area contributed by atoms with E-state index in [-0.39, 0.29) is 11.9 Å². The van der Waals surface area contributed by atoms with Gasteiger partial charge >= 0.3 is 0 Å². The van der Waals surface area contributed by atoms with E-state index in [0.29, 0.717) is 0 Å². The molecule has 0 atom stereocenters. The van der Waals surface area contributed by atoms with Crippen LogP contribution >= 0.6 is 11.8 Å². The number of nitrogens with one attached hydrogen (secondary N) is 1. The summed E-state index contributed by atoms with van der Waals surface area (Å²) in [6, 6.07) is 8.58. The normalized spacial score (nSPS) is 15.8. The number of nitrogens with zero attached hydrogens (tertiary/aromatic N) is 2. The van der Waals surface area contributed by atoms with Crippen molar-refractivity contribution in [2.75, 3.05) is 24.2 Å². The van der Waals surface area contributed by atoms with Gasteiger partial charge in [0, 0.05) is 31.0 Å². The Morgan fingerprint density at radius 3 is 2.70 bits per heavy atom. The van der Waals surface area contributed by atoms with Crippen molar-refractivity contribution in [2.24, 2.45) is 0 Å². The Morgan fingerprint density at radius 2 is 2.15 bits per heavy atom. The van der Waals surface area contributed by atoms with Crippen LogP contribution < -0.4 is 10.2 Å². The van der Waals surface area contributed by atoms with Gasteiger partial charge in [-0.15, -0.1) is 11.8 Å². The molecule has 1 aromatic carbocycles. The van der Waals surface area contributed by atoms with Gasteiger partial charge in [0.25, 0.3) is 0 Å². The maximum atomic E-state index is 11.1. The molecule has 0 aliphatic carbocycles. The van der Waals surface area contributed by atoms with Crippen molar-refractivity contribution in [1.29, 1.82) is 5.26 Å². The van der Waals surface area contributed by atoms with E-state index >= 15 is 0 Å². The lowest BCUT2D eigenvalue weighted by Gasteiger charge is -2.34. The predicted octanol–water partition coefficient (Wildman–Crippen LogP) is 2.39. The fourth-order valence-electron chi connectivity index (χ4n) is 2.62. The Morgan fingerprint density at radius 1 is 1.45 bits per heavy atom. The van der Waals surface area contributed by atoms with Gasteiger partial charge in [-0.25, -0.2) is 0 Å². The van der Waals surface area contributed by atoms with Gasteiger partial charge < -0.3 is 10.2 Å². The van der Waals surface area contributed by atoms with Gasteiger partial charge in [-0.1, -0.05) is 6.07 Å². The molecule has 0 spiro atoms. The number of nitriles is 1. The highest BCUT2D eigenvalue weighted by atomic mass is 32.2. The third-order valence-corrected chi connectivity index (χ3v) is 4.36. The molecule has 1 heterocycles. The summed E-state index contributed by atoms with van der Waals surface area (Å²) in [4.78, 5) is 14.3. The van der Waals surface area contributed by atoms with E-state index in [2.05, 4.69) is 16.3 Å². The first-order valence-electron chi connectivity index (χ1n) is 6.75. The monoisotopic (exact) mass is 289 g/mol. The second kappa shape index (κ2) is 6.67. The second-order valence-electron chi connectivity index (χ2n) is 4.93. The molecule has 1 saturated heterocycles.